The van der Waals surface area contributed by atoms with Crippen LogP contribution in [-0.2, 0) is 0 Å². The predicted molar refractivity (Wildman–Crippen MR) is 79.7 cm³/mol. The molecule has 1 aromatic heterocycles. The van der Waals surface area contributed by atoms with E-state index in [1.807, 2.05) is 45.0 Å². The van der Waals surface area contributed by atoms with Gasteiger partial charge in [-0.05, 0) is 51.0 Å². The minimum absolute atomic E-state index is 0.104. The molecule has 4 heteroatoms. The summed E-state index contributed by atoms with van der Waals surface area (Å²) in [5.74, 6) is 8.45. The summed E-state index contributed by atoms with van der Waals surface area (Å²) in [6.07, 6.45) is 0. The molecule has 0 amide bonds. The lowest BCUT2D eigenvalue weighted by molar-refractivity contribution is 0.339. The van der Waals surface area contributed by atoms with Gasteiger partial charge in [-0.1, -0.05) is 12.1 Å². The monoisotopic (exact) mass is 274 g/mol. The minimum Gasteiger partial charge on any atom is -0.494 e. The van der Waals surface area contributed by atoms with E-state index in [1.54, 1.807) is 0 Å². The van der Waals surface area contributed by atoms with E-state index in [-0.39, 0.29) is 6.04 Å². The fraction of sp³-hybridized carbons (Fsp3) is 0.375. The molecule has 0 radical (unpaired) electrons. The van der Waals surface area contributed by atoms with Crippen molar-refractivity contribution in [2.45, 2.75) is 33.7 Å². The number of aryl methyl sites for hydroxylation is 2. The Balaban J connectivity index is 2.44. The number of nitrogens with two attached hydrogens (primary N) is 1. The third-order valence-corrected chi connectivity index (χ3v) is 3.58. The first kappa shape index (κ1) is 14.6. The average molecular weight is 274 g/mol. The minimum atomic E-state index is -0.104. The number of furan rings is 1. The number of benzene rings is 1. The van der Waals surface area contributed by atoms with Crippen LogP contribution in [0.5, 0.6) is 5.75 Å². The molecule has 2 rings (SSSR count). The van der Waals surface area contributed by atoms with Crippen LogP contribution in [0.2, 0.25) is 0 Å². The zero-order chi connectivity index (χ0) is 14.7. The van der Waals surface area contributed by atoms with E-state index in [2.05, 4.69) is 12.3 Å². The Kier molecular flexibility index (Phi) is 4.47. The number of ether oxygens (including phenoxy) is 1. The lowest BCUT2D eigenvalue weighted by atomic mass is 9.96. The Labute approximate surface area is 119 Å². The summed E-state index contributed by atoms with van der Waals surface area (Å²) >= 11 is 0. The van der Waals surface area contributed by atoms with Gasteiger partial charge < -0.3 is 9.15 Å². The van der Waals surface area contributed by atoms with Crippen molar-refractivity contribution < 1.29 is 9.15 Å². The van der Waals surface area contributed by atoms with Crippen LogP contribution >= 0.6 is 0 Å². The van der Waals surface area contributed by atoms with Crippen molar-refractivity contribution in [2.24, 2.45) is 5.84 Å². The summed E-state index contributed by atoms with van der Waals surface area (Å²) in [7, 11) is 0. The van der Waals surface area contributed by atoms with Crippen LogP contribution in [0.15, 0.2) is 28.7 Å². The SMILES string of the molecule is CCOc1cccc(C(NN)c2c(C)oc(C)c2C)c1. The molecule has 0 aliphatic carbocycles. The number of hydrogen-bond donors (Lipinski definition) is 2. The third kappa shape index (κ3) is 2.71. The van der Waals surface area contributed by atoms with E-state index >= 15 is 0 Å². The Morgan fingerprint density at radius 3 is 2.55 bits per heavy atom. The molecule has 0 saturated carbocycles. The van der Waals surface area contributed by atoms with Gasteiger partial charge in [-0.25, -0.2) is 5.43 Å². The molecule has 1 atom stereocenters. The first-order valence-electron chi connectivity index (χ1n) is 6.83. The molecule has 0 aliphatic heterocycles. The van der Waals surface area contributed by atoms with E-state index < -0.39 is 0 Å². The topological polar surface area (TPSA) is 60.4 Å². The zero-order valence-corrected chi connectivity index (χ0v) is 12.5. The molecule has 1 aromatic carbocycles. The molecule has 0 spiro atoms. The fourth-order valence-corrected chi connectivity index (χ4v) is 2.53. The molecular formula is C16H22N2O2. The molecular weight excluding hydrogens is 252 g/mol. The van der Waals surface area contributed by atoms with Crippen LogP contribution in [0.3, 0.4) is 0 Å². The Bertz CT molecular complexity index is 590. The smallest absolute Gasteiger partial charge is 0.119 e. The second kappa shape index (κ2) is 6.11. The molecule has 108 valence electrons. The molecule has 2 aromatic rings. The van der Waals surface area contributed by atoms with E-state index in [1.165, 1.54) is 0 Å². The predicted octanol–water partition coefficient (Wildman–Crippen LogP) is 3.16. The molecule has 1 heterocycles. The first-order chi connectivity index (χ1) is 9.58. The molecule has 0 saturated heterocycles. The summed E-state index contributed by atoms with van der Waals surface area (Å²) in [4.78, 5) is 0. The van der Waals surface area contributed by atoms with Gasteiger partial charge in [-0.15, -0.1) is 0 Å². The Morgan fingerprint density at radius 1 is 1.25 bits per heavy atom. The molecule has 1 unspecified atom stereocenters. The van der Waals surface area contributed by atoms with Crippen LogP contribution in [0.25, 0.3) is 0 Å². The average Bonchev–Trinajstić information content (AvgIpc) is 2.67. The number of nitrogens with one attached hydrogen (secondary N) is 1. The maximum atomic E-state index is 5.78. The highest BCUT2D eigenvalue weighted by atomic mass is 16.5. The highest BCUT2D eigenvalue weighted by Crippen LogP contribution is 2.32. The largest absolute Gasteiger partial charge is 0.494 e. The fourth-order valence-electron chi connectivity index (χ4n) is 2.53. The second-order valence-corrected chi connectivity index (χ2v) is 4.86. The van der Waals surface area contributed by atoms with Gasteiger partial charge in [0.2, 0.25) is 0 Å². The summed E-state index contributed by atoms with van der Waals surface area (Å²) in [5, 5.41) is 0. The molecule has 0 fully saturated rings. The lowest BCUT2D eigenvalue weighted by Crippen LogP contribution is -2.29. The molecule has 0 aliphatic rings. The maximum Gasteiger partial charge on any atom is 0.119 e. The van der Waals surface area contributed by atoms with Crippen molar-refractivity contribution in [1.82, 2.24) is 5.43 Å². The molecule has 20 heavy (non-hydrogen) atoms. The van der Waals surface area contributed by atoms with Gasteiger partial charge in [0, 0.05) is 5.56 Å². The van der Waals surface area contributed by atoms with Crippen molar-refractivity contribution in [3.8, 4) is 5.75 Å². The zero-order valence-electron chi connectivity index (χ0n) is 12.5. The van der Waals surface area contributed by atoms with Gasteiger partial charge in [-0.2, -0.15) is 0 Å². The number of rotatable bonds is 5. The summed E-state index contributed by atoms with van der Waals surface area (Å²) in [6.45, 7) is 8.60. The van der Waals surface area contributed by atoms with Gasteiger partial charge >= 0.3 is 0 Å². The van der Waals surface area contributed by atoms with E-state index in [0.29, 0.717) is 6.61 Å². The highest BCUT2D eigenvalue weighted by Gasteiger charge is 2.22. The van der Waals surface area contributed by atoms with Crippen molar-refractivity contribution in [1.29, 1.82) is 0 Å². The first-order valence-corrected chi connectivity index (χ1v) is 6.83. The molecule has 3 N–H and O–H groups in total. The van der Waals surface area contributed by atoms with Crippen LogP contribution in [0, 0.1) is 20.8 Å². The summed E-state index contributed by atoms with van der Waals surface area (Å²) in [5.41, 5.74) is 6.17. The lowest BCUT2D eigenvalue weighted by Gasteiger charge is -2.18. The van der Waals surface area contributed by atoms with Crippen LogP contribution < -0.4 is 16.0 Å². The van der Waals surface area contributed by atoms with Gasteiger partial charge in [0.1, 0.15) is 17.3 Å². The Hall–Kier alpha value is -1.78. The van der Waals surface area contributed by atoms with Crippen molar-refractivity contribution in [3.63, 3.8) is 0 Å². The maximum absolute atomic E-state index is 5.78. The number of hydrazine groups is 1. The van der Waals surface area contributed by atoms with Crippen molar-refractivity contribution >= 4 is 0 Å². The quantitative estimate of drug-likeness (QED) is 0.649. The summed E-state index contributed by atoms with van der Waals surface area (Å²) in [6, 6.07) is 7.86. The van der Waals surface area contributed by atoms with Gasteiger partial charge in [-0.3, -0.25) is 5.84 Å². The molecule has 0 bridgehead atoms. The van der Waals surface area contributed by atoms with Gasteiger partial charge in [0.05, 0.1) is 12.6 Å². The van der Waals surface area contributed by atoms with Gasteiger partial charge in [0.25, 0.3) is 0 Å². The van der Waals surface area contributed by atoms with Crippen LogP contribution in [0.1, 0.15) is 41.2 Å². The van der Waals surface area contributed by atoms with E-state index in [0.717, 1.165) is 34.0 Å². The third-order valence-electron chi connectivity index (χ3n) is 3.58. The second-order valence-electron chi connectivity index (χ2n) is 4.86. The highest BCUT2D eigenvalue weighted by molar-refractivity contribution is 5.42. The molecule has 4 nitrogen and oxygen atoms in total. The normalized spacial score (nSPS) is 12.4. The van der Waals surface area contributed by atoms with E-state index in [4.69, 9.17) is 15.0 Å². The Morgan fingerprint density at radius 2 is 2.00 bits per heavy atom. The van der Waals surface area contributed by atoms with Crippen LogP contribution in [0.4, 0.5) is 0 Å². The van der Waals surface area contributed by atoms with Crippen molar-refractivity contribution in [2.75, 3.05) is 6.61 Å². The summed E-state index contributed by atoms with van der Waals surface area (Å²) < 4.78 is 11.3. The van der Waals surface area contributed by atoms with Crippen molar-refractivity contribution in [3.05, 3.63) is 52.5 Å². The van der Waals surface area contributed by atoms with Gasteiger partial charge in [0.15, 0.2) is 0 Å². The number of hydrogen-bond acceptors (Lipinski definition) is 4. The van der Waals surface area contributed by atoms with E-state index in [9.17, 15) is 0 Å². The standard InChI is InChI=1S/C16H22N2O2/c1-5-19-14-8-6-7-13(9-14)16(18-17)15-10(2)11(3)20-12(15)4/h6-9,16,18H,5,17H2,1-4H3. The van der Waals surface area contributed by atoms with Crippen LogP contribution in [-0.4, -0.2) is 6.61 Å².